The average molecular weight is 714 g/mol. The number of rotatable bonds is 3. The average Bonchev–Trinajstić information content (AvgIpc) is 3.11. The maximum Gasteiger partial charge on any atom is 0.264 e. The Morgan fingerprint density at radius 2 is 1.86 bits per heavy atom. The fourth-order valence-corrected chi connectivity index (χ4v) is 8.70. The molecule has 2 fully saturated rings. The Morgan fingerprint density at radius 1 is 1.04 bits per heavy atom. The Bertz CT molecular complexity index is 1640. The molecule has 5 atom stereocenters. The first-order valence-corrected chi connectivity index (χ1v) is 19.5. The van der Waals surface area contributed by atoms with Gasteiger partial charge in [0.05, 0.1) is 30.3 Å². The molecule has 0 radical (unpaired) electrons. The van der Waals surface area contributed by atoms with Crippen LogP contribution in [0.2, 0.25) is 5.02 Å². The molecule has 2 aromatic carbocycles. The summed E-state index contributed by atoms with van der Waals surface area (Å²) in [5, 5.41) is -0.121. The molecule has 6 rings (SSSR count). The lowest BCUT2D eigenvalue weighted by molar-refractivity contribution is -0.143. The van der Waals surface area contributed by atoms with Crippen molar-refractivity contribution in [1.82, 2.24) is 9.62 Å². The number of nitrogens with one attached hydrogen (secondary N) is 1. The van der Waals surface area contributed by atoms with Crippen molar-refractivity contribution >= 4 is 39.1 Å². The first-order chi connectivity index (χ1) is 23.6. The highest BCUT2D eigenvalue weighted by Gasteiger charge is 2.39. The van der Waals surface area contributed by atoms with Crippen molar-refractivity contribution in [3.05, 3.63) is 70.3 Å². The summed E-state index contributed by atoms with van der Waals surface area (Å²) < 4.78 is 47.4. The molecule has 2 aromatic rings. The van der Waals surface area contributed by atoms with Crippen molar-refractivity contribution < 1.29 is 32.2 Å². The van der Waals surface area contributed by atoms with E-state index in [1.165, 1.54) is 0 Å². The van der Waals surface area contributed by atoms with Gasteiger partial charge in [0.2, 0.25) is 15.9 Å². The third kappa shape index (κ3) is 8.61. The minimum absolute atomic E-state index is 0.0150. The van der Waals surface area contributed by atoms with E-state index in [1.807, 2.05) is 37.3 Å². The molecule has 3 aliphatic heterocycles. The molecule has 0 aromatic heterocycles. The molecule has 3 heterocycles. The number of hydrogen-bond donors (Lipinski definition) is 1. The lowest BCUT2D eigenvalue weighted by Gasteiger charge is -2.44. The lowest BCUT2D eigenvalue weighted by Crippen LogP contribution is -2.46. The number of carbonyl (C=O) groups is 2. The molecule has 0 unspecified atom stereocenters. The van der Waals surface area contributed by atoms with Crippen LogP contribution in [-0.4, -0.2) is 82.5 Å². The van der Waals surface area contributed by atoms with E-state index in [4.69, 9.17) is 25.8 Å². The molecule has 2 bridgehead atoms. The molecule has 1 aliphatic carbocycles. The van der Waals surface area contributed by atoms with E-state index in [1.54, 1.807) is 30.0 Å². The van der Waals surface area contributed by atoms with E-state index >= 15 is 0 Å². The van der Waals surface area contributed by atoms with Gasteiger partial charge in [0.25, 0.3) is 5.91 Å². The molecule has 12 heteroatoms. The standard InChI is InChI=1S/C37H48ClN3O7S/c1-25-6-5-8-34(48-24-36(42)40-16-18-46-19-17-40)32-13-10-29(32)22-41-15-4-3-7-27-20-31(38)12-9-30(27)23-47-35-14-11-28(21-33(35)41)37(43)39-49(44,45)26(25)2/h5,8-9,11-12,14,20-21,25-26,29,32,34H,3-4,6-7,10,13,15-19,22-24H2,1-2H3,(H,39,43)/b8-5+/t25-,26+,29-,32+,34-/m0/s1. The third-order valence-electron chi connectivity index (χ3n) is 10.7. The molecule has 0 spiro atoms. The number of allylic oxidation sites excluding steroid dienone is 1. The van der Waals surface area contributed by atoms with Crippen LogP contribution < -0.4 is 14.4 Å². The second kappa shape index (κ2) is 15.8. The molecule has 10 nitrogen and oxygen atoms in total. The van der Waals surface area contributed by atoms with Crippen molar-refractivity contribution in [3.63, 3.8) is 0 Å². The van der Waals surface area contributed by atoms with Crippen LogP contribution in [0, 0.1) is 17.8 Å². The zero-order valence-electron chi connectivity index (χ0n) is 28.4. The van der Waals surface area contributed by atoms with Gasteiger partial charge in [-0.25, -0.2) is 13.1 Å². The van der Waals surface area contributed by atoms with Crippen LogP contribution in [0.15, 0.2) is 48.6 Å². The fraction of sp³-hybridized carbons (Fsp3) is 0.568. The SMILES string of the molecule is C[C@@H]1[C@@H](C)C/C=C/[C@H](OCC(=O)N2CCOCC2)[C@@H]2CC[C@H]2CN2CCCCc3cc(Cl)ccc3COc3ccc(cc32)C(=O)NS1(=O)=O. The quantitative estimate of drug-likeness (QED) is 0.423. The predicted octanol–water partition coefficient (Wildman–Crippen LogP) is 5.38. The third-order valence-corrected chi connectivity index (χ3v) is 12.9. The number of hydrogen-bond acceptors (Lipinski definition) is 8. The summed E-state index contributed by atoms with van der Waals surface area (Å²) in [5.74, 6) is 0.124. The first kappa shape index (κ1) is 35.7. The predicted molar refractivity (Wildman–Crippen MR) is 189 cm³/mol. The number of nitrogens with zero attached hydrogens (tertiary/aromatic N) is 2. The molecular weight excluding hydrogens is 666 g/mol. The summed E-state index contributed by atoms with van der Waals surface area (Å²) in [7, 11) is -3.97. The summed E-state index contributed by atoms with van der Waals surface area (Å²) in [5.41, 5.74) is 3.25. The molecule has 266 valence electrons. The largest absolute Gasteiger partial charge is 0.487 e. The summed E-state index contributed by atoms with van der Waals surface area (Å²) >= 11 is 6.35. The topological polar surface area (TPSA) is 114 Å². The molecule has 1 N–H and O–H groups in total. The van der Waals surface area contributed by atoms with E-state index < -0.39 is 21.2 Å². The first-order valence-electron chi connectivity index (χ1n) is 17.6. The highest BCUT2D eigenvalue weighted by Crippen LogP contribution is 2.42. The summed E-state index contributed by atoms with van der Waals surface area (Å²) in [6, 6.07) is 11.1. The summed E-state index contributed by atoms with van der Waals surface area (Å²) in [4.78, 5) is 30.6. The van der Waals surface area contributed by atoms with Gasteiger partial charge in [0.1, 0.15) is 19.0 Å². The lowest BCUT2D eigenvalue weighted by atomic mass is 9.70. The van der Waals surface area contributed by atoms with Gasteiger partial charge in [0, 0.05) is 36.8 Å². The van der Waals surface area contributed by atoms with Gasteiger partial charge in [-0.15, -0.1) is 0 Å². The van der Waals surface area contributed by atoms with Crippen LogP contribution in [0.25, 0.3) is 0 Å². The van der Waals surface area contributed by atoms with Crippen LogP contribution in [0.3, 0.4) is 0 Å². The number of morpholine rings is 1. The Balaban J connectivity index is 1.32. The van der Waals surface area contributed by atoms with E-state index in [0.29, 0.717) is 56.6 Å². The number of anilines is 1. The van der Waals surface area contributed by atoms with E-state index in [9.17, 15) is 18.0 Å². The molecule has 49 heavy (non-hydrogen) atoms. The van der Waals surface area contributed by atoms with Gasteiger partial charge in [0.15, 0.2) is 0 Å². The minimum atomic E-state index is -3.97. The maximum atomic E-state index is 13.5. The van der Waals surface area contributed by atoms with Gasteiger partial charge in [-0.3, -0.25) is 9.59 Å². The summed E-state index contributed by atoms with van der Waals surface area (Å²) in [6.45, 7) is 7.44. The van der Waals surface area contributed by atoms with E-state index in [-0.39, 0.29) is 41.9 Å². The zero-order valence-corrected chi connectivity index (χ0v) is 30.0. The van der Waals surface area contributed by atoms with E-state index in [0.717, 1.165) is 55.5 Å². The Morgan fingerprint density at radius 3 is 2.63 bits per heavy atom. The normalized spacial score (nSPS) is 28.4. The highest BCUT2D eigenvalue weighted by molar-refractivity contribution is 7.90. The van der Waals surface area contributed by atoms with Gasteiger partial charge in [-0.1, -0.05) is 36.7 Å². The monoisotopic (exact) mass is 713 g/mol. The zero-order chi connectivity index (χ0) is 34.5. The number of amides is 2. The Hall–Kier alpha value is -3.12. The number of fused-ring (bicyclic) bond motifs is 3. The van der Waals surface area contributed by atoms with Crippen LogP contribution in [0.4, 0.5) is 5.69 Å². The van der Waals surface area contributed by atoms with Gasteiger partial charge in [-0.2, -0.15) is 0 Å². The fourth-order valence-electron chi connectivity index (χ4n) is 7.22. The smallest absolute Gasteiger partial charge is 0.264 e. The van der Waals surface area contributed by atoms with Crippen molar-refractivity contribution in [3.8, 4) is 5.75 Å². The molecule has 1 saturated carbocycles. The van der Waals surface area contributed by atoms with Crippen molar-refractivity contribution in [2.24, 2.45) is 17.8 Å². The minimum Gasteiger partial charge on any atom is -0.487 e. The molecular formula is C37H48ClN3O7S. The van der Waals surface area contributed by atoms with Crippen LogP contribution >= 0.6 is 11.6 Å². The number of sulfonamides is 1. The van der Waals surface area contributed by atoms with Gasteiger partial charge < -0.3 is 24.0 Å². The van der Waals surface area contributed by atoms with Gasteiger partial charge in [-0.05, 0) is 105 Å². The van der Waals surface area contributed by atoms with Crippen molar-refractivity contribution in [2.45, 2.75) is 70.3 Å². The van der Waals surface area contributed by atoms with Gasteiger partial charge >= 0.3 is 0 Å². The number of halogens is 1. The van der Waals surface area contributed by atoms with Crippen LogP contribution in [-0.2, 0) is 37.3 Å². The molecule has 4 aliphatic rings. The number of aryl methyl sites for hydroxylation is 1. The van der Waals surface area contributed by atoms with Crippen LogP contribution in [0.1, 0.15) is 67.4 Å². The second-order valence-corrected chi connectivity index (χ2v) is 16.4. The summed E-state index contributed by atoms with van der Waals surface area (Å²) in [6.07, 6.45) is 8.89. The number of carbonyl (C=O) groups excluding carboxylic acids is 2. The number of ether oxygens (including phenoxy) is 3. The Labute approximate surface area is 295 Å². The second-order valence-electron chi connectivity index (χ2n) is 13.9. The van der Waals surface area contributed by atoms with Crippen molar-refractivity contribution in [2.75, 3.05) is 50.9 Å². The maximum absolute atomic E-state index is 13.5. The van der Waals surface area contributed by atoms with Crippen molar-refractivity contribution in [1.29, 1.82) is 0 Å². The number of benzene rings is 2. The molecule has 2 amide bonds. The Kier molecular flexibility index (Phi) is 11.5. The van der Waals surface area contributed by atoms with Crippen LogP contribution in [0.5, 0.6) is 5.75 Å². The highest BCUT2D eigenvalue weighted by atomic mass is 35.5. The molecule has 1 saturated heterocycles. The van der Waals surface area contributed by atoms with E-state index in [2.05, 4.69) is 9.62 Å².